The molecule has 0 spiro atoms. The van der Waals surface area contributed by atoms with Crippen LogP contribution in [0.15, 0.2) is 97.2 Å². The first-order valence-corrected chi connectivity index (χ1v) is 39.5. The van der Waals surface area contributed by atoms with Gasteiger partial charge in [-0.2, -0.15) is 0 Å². The molecule has 0 aromatic heterocycles. The Morgan fingerprint density at radius 2 is 0.570 bits per heavy atom. The van der Waals surface area contributed by atoms with Crippen LogP contribution in [0.4, 0.5) is 0 Å². The SMILES string of the molecule is CC/C=C\C/C=C\C/C=C\C/C=C\C/C=C\CCCCCCCCCCCCCC(=O)OCC(O)COP(=O)(O)OCC(O)COP(=O)(O)OCC(COC(=O)CCCCCCC/C=C\C/C=C\C/C=C\CC)OC(=O)CCCCCCCCCCCCCCCCC. The predicted octanol–water partition coefficient (Wildman–Crippen LogP) is 20.6. The van der Waals surface area contributed by atoms with Crippen LogP contribution in [0.1, 0.15) is 303 Å². The summed E-state index contributed by atoms with van der Waals surface area (Å²) in [5, 5.41) is 20.6. The molecule has 0 fully saturated rings. The molecule has 0 aliphatic heterocycles. The van der Waals surface area contributed by atoms with Gasteiger partial charge in [-0.25, -0.2) is 9.13 Å². The van der Waals surface area contributed by atoms with Crippen LogP contribution in [0.5, 0.6) is 0 Å². The fraction of sp³-hybridized carbons (Fsp3) is 0.747. The van der Waals surface area contributed by atoms with Gasteiger partial charge in [0.15, 0.2) is 6.10 Å². The van der Waals surface area contributed by atoms with Crippen molar-refractivity contribution in [3.8, 4) is 0 Å². The predicted molar refractivity (Wildman–Crippen MR) is 381 cm³/mol. The Hall–Kier alpha value is -3.53. The minimum atomic E-state index is -4.92. The van der Waals surface area contributed by atoms with Gasteiger partial charge >= 0.3 is 33.6 Å². The highest BCUT2D eigenvalue weighted by atomic mass is 31.2. The molecule has 5 unspecified atom stereocenters. The van der Waals surface area contributed by atoms with Crippen LogP contribution in [0, 0.1) is 0 Å². The van der Waals surface area contributed by atoms with E-state index in [0.717, 1.165) is 135 Å². The smallest absolute Gasteiger partial charge is 0.463 e. The van der Waals surface area contributed by atoms with Gasteiger partial charge in [-0.1, -0.05) is 285 Å². The van der Waals surface area contributed by atoms with E-state index in [1.54, 1.807) is 0 Å². The first-order valence-electron chi connectivity index (χ1n) is 36.5. The molecule has 93 heavy (non-hydrogen) atoms. The Morgan fingerprint density at radius 3 is 0.903 bits per heavy atom. The van der Waals surface area contributed by atoms with Gasteiger partial charge in [0.25, 0.3) is 0 Å². The number of aliphatic hydroxyl groups excluding tert-OH is 2. The molecule has 0 aromatic carbocycles. The maximum Gasteiger partial charge on any atom is 0.472 e. The summed E-state index contributed by atoms with van der Waals surface area (Å²) < 4.78 is 61.0. The number of hydrogen-bond donors (Lipinski definition) is 4. The van der Waals surface area contributed by atoms with E-state index in [1.165, 1.54) is 109 Å². The van der Waals surface area contributed by atoms with Crippen LogP contribution in [0.25, 0.3) is 0 Å². The summed E-state index contributed by atoms with van der Waals surface area (Å²) in [6.07, 6.45) is 76.0. The van der Waals surface area contributed by atoms with Crippen molar-refractivity contribution in [2.24, 2.45) is 0 Å². The van der Waals surface area contributed by atoms with Crippen molar-refractivity contribution >= 4 is 33.6 Å². The molecule has 0 aliphatic rings. The number of ether oxygens (including phenoxy) is 3. The van der Waals surface area contributed by atoms with Crippen LogP contribution < -0.4 is 0 Å². The molecule has 0 aromatic rings. The first kappa shape index (κ1) is 89.5. The van der Waals surface area contributed by atoms with Gasteiger partial charge in [-0.15, -0.1) is 0 Å². The Bertz CT molecular complexity index is 2080. The third-order valence-electron chi connectivity index (χ3n) is 15.3. The lowest BCUT2D eigenvalue weighted by Crippen LogP contribution is -2.30. The normalized spacial score (nSPS) is 14.7. The Morgan fingerprint density at radius 1 is 0.312 bits per heavy atom. The number of aliphatic hydroxyl groups is 2. The van der Waals surface area contributed by atoms with Gasteiger partial charge in [0.2, 0.25) is 0 Å². The van der Waals surface area contributed by atoms with Gasteiger partial charge in [0, 0.05) is 19.3 Å². The standard InChI is InChI=1S/C75H132O16P2/c1-4-7-10-13-16-19-22-25-28-29-30-31-32-33-34-35-36-37-38-39-42-44-46-49-52-55-58-61-73(78)85-64-70(76)65-87-92(81,82)88-66-71(77)67-89-93(83,84)90-69-72(91-75(80)63-60-57-54-51-48-45-41-27-24-21-18-15-12-9-6-3)68-86-74(79)62-59-56-53-50-47-43-40-26-23-20-17-14-11-8-5-2/h7-8,10-11,16-17,19-20,25-26,28,30-31,33-34,40,70-72,76-77H,4-6,9,12-15,18,21-24,27,29,32,35-39,41-69H2,1-3H3,(H,81,82)(H,83,84)/b10-7-,11-8-,19-16-,20-17-,28-25-,31-30-,34-33-,40-26-. The van der Waals surface area contributed by atoms with E-state index in [2.05, 4.69) is 118 Å². The zero-order valence-corrected chi connectivity index (χ0v) is 60.2. The van der Waals surface area contributed by atoms with Crippen LogP contribution >= 0.6 is 15.6 Å². The summed E-state index contributed by atoms with van der Waals surface area (Å²) in [5.41, 5.74) is 0. The third-order valence-corrected chi connectivity index (χ3v) is 17.2. The van der Waals surface area contributed by atoms with Crippen molar-refractivity contribution in [2.75, 3.05) is 39.6 Å². The second kappa shape index (κ2) is 68.4. The fourth-order valence-corrected chi connectivity index (χ4v) is 11.4. The quantitative estimate of drug-likeness (QED) is 0.0146. The van der Waals surface area contributed by atoms with Crippen LogP contribution in [-0.4, -0.2) is 95.9 Å². The van der Waals surface area contributed by atoms with Gasteiger partial charge in [0.1, 0.15) is 25.4 Å². The number of rotatable bonds is 69. The fourth-order valence-electron chi connectivity index (χ4n) is 9.79. The van der Waals surface area contributed by atoms with Gasteiger partial charge in [-0.05, 0) is 96.3 Å². The van der Waals surface area contributed by atoms with Crippen molar-refractivity contribution in [3.63, 3.8) is 0 Å². The number of carbonyl (C=O) groups excluding carboxylic acids is 3. The van der Waals surface area contributed by atoms with Crippen molar-refractivity contribution in [2.45, 2.75) is 322 Å². The van der Waals surface area contributed by atoms with E-state index in [9.17, 15) is 43.5 Å². The zero-order valence-electron chi connectivity index (χ0n) is 58.4. The molecule has 4 N–H and O–H groups in total. The maximum absolute atomic E-state index is 12.9. The van der Waals surface area contributed by atoms with Crippen molar-refractivity contribution in [1.82, 2.24) is 0 Å². The summed E-state index contributed by atoms with van der Waals surface area (Å²) in [4.78, 5) is 58.4. The number of unbranched alkanes of at least 4 members (excludes halogenated alkanes) is 30. The van der Waals surface area contributed by atoms with E-state index in [1.807, 2.05) is 0 Å². The molecule has 16 nitrogen and oxygen atoms in total. The van der Waals surface area contributed by atoms with Gasteiger partial charge in [0.05, 0.1) is 26.4 Å². The average molecular weight is 1350 g/mol. The van der Waals surface area contributed by atoms with E-state index >= 15 is 0 Å². The average Bonchev–Trinajstić information content (AvgIpc) is 3.71. The Labute approximate surface area is 565 Å². The second-order valence-electron chi connectivity index (χ2n) is 24.3. The summed E-state index contributed by atoms with van der Waals surface area (Å²) >= 11 is 0. The second-order valence-corrected chi connectivity index (χ2v) is 27.2. The molecule has 0 saturated heterocycles. The molecule has 0 heterocycles. The largest absolute Gasteiger partial charge is 0.472 e. The summed E-state index contributed by atoms with van der Waals surface area (Å²) in [5.74, 6) is -1.59. The molecular weight excluding hydrogens is 1220 g/mol. The molecule has 0 saturated carbocycles. The summed E-state index contributed by atoms with van der Waals surface area (Å²) in [7, 11) is -9.78. The monoisotopic (exact) mass is 1350 g/mol. The van der Waals surface area contributed by atoms with Crippen molar-refractivity contribution in [1.29, 1.82) is 0 Å². The van der Waals surface area contributed by atoms with Crippen molar-refractivity contribution < 1.29 is 75.8 Å². The molecule has 0 radical (unpaired) electrons. The highest BCUT2D eigenvalue weighted by Gasteiger charge is 2.29. The third kappa shape index (κ3) is 69.6. The van der Waals surface area contributed by atoms with Gasteiger partial charge in [-0.3, -0.25) is 32.5 Å². The number of hydrogen-bond acceptors (Lipinski definition) is 14. The summed E-state index contributed by atoms with van der Waals surface area (Å²) in [6.45, 7) is 2.45. The molecule has 0 rings (SSSR count). The zero-order chi connectivity index (χ0) is 68.1. The van der Waals surface area contributed by atoms with Gasteiger partial charge < -0.3 is 34.2 Å². The highest BCUT2D eigenvalue weighted by Crippen LogP contribution is 2.45. The Balaban J connectivity index is 4.51. The maximum atomic E-state index is 12.9. The van der Waals surface area contributed by atoms with Crippen LogP contribution in [-0.2, 0) is 55.8 Å². The summed E-state index contributed by atoms with van der Waals surface area (Å²) in [6, 6.07) is 0. The van der Waals surface area contributed by atoms with E-state index < -0.39 is 91.5 Å². The number of esters is 3. The van der Waals surface area contributed by atoms with E-state index in [4.69, 9.17) is 32.3 Å². The molecule has 5 atom stereocenters. The molecule has 538 valence electrons. The number of phosphoric acid groups is 2. The lowest BCUT2D eigenvalue weighted by atomic mass is 10.0. The molecule has 0 bridgehead atoms. The first-order chi connectivity index (χ1) is 45.2. The molecule has 18 heteroatoms. The minimum absolute atomic E-state index is 0.104. The molecular formula is C75H132O16P2. The highest BCUT2D eigenvalue weighted by molar-refractivity contribution is 7.47. The molecule has 0 amide bonds. The molecule has 0 aliphatic carbocycles. The van der Waals surface area contributed by atoms with E-state index in [-0.39, 0.29) is 19.3 Å². The van der Waals surface area contributed by atoms with Crippen LogP contribution in [0.3, 0.4) is 0 Å². The lowest BCUT2D eigenvalue weighted by molar-refractivity contribution is -0.161. The lowest BCUT2D eigenvalue weighted by Gasteiger charge is -2.21. The number of allylic oxidation sites excluding steroid dienone is 16. The minimum Gasteiger partial charge on any atom is -0.463 e. The number of phosphoric ester groups is 2. The number of carbonyl (C=O) groups is 3. The van der Waals surface area contributed by atoms with E-state index in [0.29, 0.717) is 19.3 Å². The van der Waals surface area contributed by atoms with Crippen LogP contribution in [0.2, 0.25) is 0 Å². The topological polar surface area (TPSA) is 231 Å². The Kier molecular flexibility index (Phi) is 65.8. The van der Waals surface area contributed by atoms with Crippen molar-refractivity contribution in [3.05, 3.63) is 97.2 Å².